The van der Waals surface area contributed by atoms with Crippen LogP contribution in [0.2, 0.25) is 0 Å². The highest BCUT2D eigenvalue weighted by Crippen LogP contribution is 2.32. The Morgan fingerprint density at radius 2 is 1.96 bits per heavy atom. The summed E-state index contributed by atoms with van der Waals surface area (Å²) in [5.74, 6) is 0.743. The molecular formula is C17H21N5O4. The SMILES string of the molecule is NC1=CC(N)C(OCCO)=C/C1=N/c1c(OCCO)nn2ccccc12. The van der Waals surface area contributed by atoms with E-state index in [1.54, 1.807) is 22.9 Å². The van der Waals surface area contributed by atoms with Gasteiger partial charge in [-0.1, -0.05) is 6.07 Å². The first kappa shape index (κ1) is 17.9. The Kier molecular flexibility index (Phi) is 5.52. The summed E-state index contributed by atoms with van der Waals surface area (Å²) in [5, 5.41) is 22.3. The maximum absolute atomic E-state index is 9.02. The van der Waals surface area contributed by atoms with E-state index in [0.29, 0.717) is 22.9 Å². The molecule has 2 heterocycles. The lowest BCUT2D eigenvalue weighted by Crippen LogP contribution is -2.30. The van der Waals surface area contributed by atoms with E-state index in [-0.39, 0.29) is 32.3 Å². The summed E-state index contributed by atoms with van der Waals surface area (Å²) in [6.07, 6.45) is 5.04. The van der Waals surface area contributed by atoms with E-state index >= 15 is 0 Å². The standard InChI is InChI=1S/C17H21N5O4/c18-11-9-12(19)15(25-7-5-23)10-13(11)20-16-14-3-1-2-4-22(14)21-17(16)26-8-6-24/h1-4,9-10,12,23-24H,5-8,18-19H2/b20-13-. The lowest BCUT2D eigenvalue weighted by molar-refractivity contribution is 0.138. The number of rotatable bonds is 7. The van der Waals surface area contributed by atoms with Gasteiger partial charge >= 0.3 is 0 Å². The summed E-state index contributed by atoms with van der Waals surface area (Å²) < 4.78 is 12.6. The van der Waals surface area contributed by atoms with Gasteiger partial charge in [0.15, 0.2) is 5.69 Å². The minimum Gasteiger partial charge on any atom is -0.493 e. The molecule has 1 aliphatic rings. The molecule has 0 radical (unpaired) electrons. The topological polar surface area (TPSA) is 141 Å². The summed E-state index contributed by atoms with van der Waals surface area (Å²) in [5.41, 5.74) is 14.1. The van der Waals surface area contributed by atoms with Crippen molar-refractivity contribution in [1.29, 1.82) is 0 Å². The smallest absolute Gasteiger partial charge is 0.260 e. The van der Waals surface area contributed by atoms with E-state index in [0.717, 1.165) is 5.52 Å². The van der Waals surface area contributed by atoms with Crippen LogP contribution in [0.5, 0.6) is 5.88 Å². The third kappa shape index (κ3) is 3.69. The molecule has 0 saturated heterocycles. The lowest BCUT2D eigenvalue weighted by atomic mass is 10.0. The fourth-order valence-corrected chi connectivity index (χ4v) is 2.50. The number of hydrogen-bond acceptors (Lipinski definition) is 8. The van der Waals surface area contributed by atoms with Gasteiger partial charge in [-0.25, -0.2) is 9.51 Å². The number of nitrogens with zero attached hydrogens (tertiary/aromatic N) is 3. The van der Waals surface area contributed by atoms with Gasteiger partial charge in [-0.15, -0.1) is 5.10 Å². The number of allylic oxidation sites excluding steroid dienone is 1. The number of fused-ring (bicyclic) bond motifs is 1. The van der Waals surface area contributed by atoms with Crippen LogP contribution in [0, 0.1) is 0 Å². The van der Waals surface area contributed by atoms with Gasteiger partial charge in [0.25, 0.3) is 5.88 Å². The summed E-state index contributed by atoms with van der Waals surface area (Å²) in [4.78, 5) is 4.59. The zero-order chi connectivity index (χ0) is 18.5. The molecule has 138 valence electrons. The first-order valence-corrected chi connectivity index (χ1v) is 8.12. The Hall–Kier alpha value is -2.88. The molecule has 0 saturated carbocycles. The number of aliphatic imine (C=N–C) groups is 1. The normalized spacial score (nSPS) is 18.7. The van der Waals surface area contributed by atoms with Gasteiger partial charge in [0.05, 0.1) is 36.2 Å². The Morgan fingerprint density at radius 1 is 1.19 bits per heavy atom. The number of hydrogen-bond donors (Lipinski definition) is 4. The van der Waals surface area contributed by atoms with Gasteiger partial charge in [0, 0.05) is 12.3 Å². The highest BCUT2D eigenvalue weighted by molar-refractivity contribution is 6.11. The zero-order valence-corrected chi connectivity index (χ0v) is 14.1. The molecule has 1 aliphatic carbocycles. The summed E-state index contributed by atoms with van der Waals surface area (Å²) in [6.45, 7) is -0.0382. The van der Waals surface area contributed by atoms with Crippen LogP contribution in [-0.2, 0) is 4.74 Å². The molecule has 0 bridgehead atoms. The van der Waals surface area contributed by atoms with E-state index in [1.165, 1.54) is 0 Å². The van der Waals surface area contributed by atoms with E-state index in [4.69, 9.17) is 31.2 Å². The lowest BCUT2D eigenvalue weighted by Gasteiger charge is -2.19. The number of nitrogens with two attached hydrogens (primary N) is 2. The maximum atomic E-state index is 9.02. The quantitative estimate of drug-likeness (QED) is 0.539. The van der Waals surface area contributed by atoms with Crippen molar-refractivity contribution in [2.45, 2.75) is 6.04 Å². The number of ether oxygens (including phenoxy) is 2. The number of aromatic nitrogens is 2. The van der Waals surface area contributed by atoms with Crippen LogP contribution in [0.4, 0.5) is 5.69 Å². The number of aliphatic hydroxyl groups is 2. The minimum absolute atomic E-state index is 0.0959. The average molecular weight is 359 g/mol. The van der Waals surface area contributed by atoms with Gasteiger partial charge in [-0.3, -0.25) is 0 Å². The Labute approximate surface area is 149 Å². The molecule has 0 fully saturated rings. The largest absolute Gasteiger partial charge is 0.493 e. The van der Waals surface area contributed by atoms with Crippen molar-refractivity contribution in [2.24, 2.45) is 16.5 Å². The van der Waals surface area contributed by atoms with Gasteiger partial charge in [0.2, 0.25) is 0 Å². The molecule has 3 rings (SSSR count). The predicted octanol–water partition coefficient (Wildman–Crippen LogP) is -0.146. The molecule has 6 N–H and O–H groups in total. The van der Waals surface area contributed by atoms with Gasteiger partial charge in [-0.05, 0) is 18.2 Å². The van der Waals surface area contributed by atoms with Gasteiger partial charge in [0.1, 0.15) is 19.0 Å². The molecule has 2 aromatic heterocycles. The molecule has 0 aliphatic heterocycles. The molecule has 0 spiro atoms. The van der Waals surface area contributed by atoms with E-state index in [2.05, 4.69) is 10.1 Å². The average Bonchev–Trinajstić information content (AvgIpc) is 2.98. The summed E-state index contributed by atoms with van der Waals surface area (Å²) >= 11 is 0. The summed E-state index contributed by atoms with van der Waals surface area (Å²) in [7, 11) is 0. The van der Waals surface area contributed by atoms with Crippen molar-refractivity contribution in [3.63, 3.8) is 0 Å². The third-order valence-electron chi connectivity index (χ3n) is 3.67. The fraction of sp³-hybridized carbons (Fsp3) is 0.294. The van der Waals surface area contributed by atoms with Gasteiger partial charge in [-0.2, -0.15) is 0 Å². The molecule has 1 unspecified atom stereocenters. The third-order valence-corrected chi connectivity index (χ3v) is 3.67. The molecule has 9 nitrogen and oxygen atoms in total. The van der Waals surface area contributed by atoms with Crippen molar-refractivity contribution >= 4 is 16.9 Å². The maximum Gasteiger partial charge on any atom is 0.260 e. The van der Waals surface area contributed by atoms with Crippen LogP contribution in [-0.4, -0.2) is 58.0 Å². The van der Waals surface area contributed by atoms with Crippen LogP contribution in [0.25, 0.3) is 5.52 Å². The highest BCUT2D eigenvalue weighted by atomic mass is 16.5. The zero-order valence-electron chi connectivity index (χ0n) is 14.1. The van der Waals surface area contributed by atoms with E-state index < -0.39 is 6.04 Å². The number of aliphatic hydroxyl groups excluding tert-OH is 2. The van der Waals surface area contributed by atoms with Crippen LogP contribution in [0.15, 0.2) is 53.0 Å². The minimum atomic E-state index is -0.505. The first-order valence-electron chi connectivity index (χ1n) is 8.12. The van der Waals surface area contributed by atoms with Crippen molar-refractivity contribution in [1.82, 2.24) is 9.61 Å². The Balaban J connectivity index is 2.04. The van der Waals surface area contributed by atoms with Crippen molar-refractivity contribution < 1.29 is 19.7 Å². The van der Waals surface area contributed by atoms with E-state index in [9.17, 15) is 0 Å². The first-order chi connectivity index (χ1) is 12.6. The highest BCUT2D eigenvalue weighted by Gasteiger charge is 2.20. The fourth-order valence-electron chi connectivity index (χ4n) is 2.50. The van der Waals surface area contributed by atoms with E-state index in [1.807, 2.05) is 18.2 Å². The Morgan fingerprint density at radius 3 is 2.73 bits per heavy atom. The number of pyridine rings is 1. The van der Waals surface area contributed by atoms with Crippen molar-refractivity contribution in [3.05, 3.63) is 48.0 Å². The molecule has 1 atom stereocenters. The second kappa shape index (κ2) is 8.00. The molecule has 0 amide bonds. The second-order valence-electron chi connectivity index (χ2n) is 5.52. The van der Waals surface area contributed by atoms with Crippen LogP contribution in [0.3, 0.4) is 0 Å². The van der Waals surface area contributed by atoms with Crippen LogP contribution < -0.4 is 16.2 Å². The van der Waals surface area contributed by atoms with Crippen molar-refractivity contribution in [2.75, 3.05) is 26.4 Å². The Bertz CT molecular complexity index is 871. The summed E-state index contributed by atoms with van der Waals surface area (Å²) in [6, 6.07) is 5.04. The molecule has 26 heavy (non-hydrogen) atoms. The van der Waals surface area contributed by atoms with Crippen molar-refractivity contribution in [3.8, 4) is 5.88 Å². The molecular weight excluding hydrogens is 338 g/mol. The van der Waals surface area contributed by atoms with Crippen LogP contribution >= 0.6 is 0 Å². The van der Waals surface area contributed by atoms with Crippen LogP contribution in [0.1, 0.15) is 0 Å². The monoisotopic (exact) mass is 359 g/mol. The molecule has 9 heteroatoms. The molecule has 0 aromatic carbocycles. The second-order valence-corrected chi connectivity index (χ2v) is 5.52. The predicted molar refractivity (Wildman–Crippen MR) is 96.2 cm³/mol. The van der Waals surface area contributed by atoms with Gasteiger partial charge < -0.3 is 31.2 Å². The molecule has 2 aromatic rings.